The fourth-order valence-corrected chi connectivity index (χ4v) is 1.46. The van der Waals surface area contributed by atoms with E-state index in [0.717, 1.165) is 0 Å². The predicted molar refractivity (Wildman–Crippen MR) is 49.6 cm³/mol. The molecule has 0 spiro atoms. The molecule has 0 aromatic heterocycles. The summed E-state index contributed by atoms with van der Waals surface area (Å²) in [6, 6.07) is 1.65. The molecule has 0 aromatic rings. The quantitative estimate of drug-likeness (QED) is 0.694. The van der Waals surface area contributed by atoms with Crippen LogP contribution in [-0.4, -0.2) is 15.5 Å². The third-order valence-corrected chi connectivity index (χ3v) is 2.17. The van der Waals surface area contributed by atoms with E-state index < -0.39 is 9.71 Å². The van der Waals surface area contributed by atoms with E-state index in [-0.39, 0.29) is 12.2 Å². The number of Topliss-reactive ketones (excluding diaryl/α,β-unsaturated/α-hetero) is 1. The fourth-order valence-electron chi connectivity index (χ4n) is 0.606. The van der Waals surface area contributed by atoms with E-state index in [4.69, 9.17) is 40.1 Å². The molecule has 0 aromatic carbocycles. The molecule has 0 N–H and O–H groups in total. The number of hydrogen-bond donors (Lipinski definition) is 0. The molecule has 0 saturated heterocycles. The van der Waals surface area contributed by atoms with Crippen molar-refractivity contribution in [3.05, 3.63) is 0 Å². The van der Waals surface area contributed by atoms with Gasteiger partial charge in [0.15, 0.2) is 5.78 Å². The van der Waals surface area contributed by atoms with Crippen LogP contribution < -0.4 is 0 Å². The van der Waals surface area contributed by atoms with Crippen molar-refractivity contribution in [2.45, 2.75) is 29.5 Å². The van der Waals surface area contributed by atoms with E-state index in [1.807, 2.05) is 0 Å². The molecule has 0 saturated carbocycles. The van der Waals surface area contributed by atoms with Gasteiger partial charge in [0.2, 0.25) is 4.33 Å². The highest BCUT2D eigenvalue weighted by atomic mass is 35.5. The van der Waals surface area contributed by atoms with Gasteiger partial charge in [-0.1, -0.05) is 30.1 Å². The first kappa shape index (κ1) is 12.0. The first-order chi connectivity index (χ1) is 5.43. The van der Waals surface area contributed by atoms with Gasteiger partial charge in [-0.25, -0.2) is 0 Å². The molecule has 0 heterocycles. The summed E-state index contributed by atoms with van der Waals surface area (Å²) in [7, 11) is 0. The second-order valence-electron chi connectivity index (χ2n) is 2.31. The molecule has 0 rings (SSSR count). The molecule has 0 bridgehead atoms. The van der Waals surface area contributed by atoms with Crippen LogP contribution in [0.15, 0.2) is 0 Å². The number of halogens is 3. The van der Waals surface area contributed by atoms with Crippen LogP contribution in [0.25, 0.3) is 0 Å². The zero-order valence-electron chi connectivity index (χ0n) is 6.48. The van der Waals surface area contributed by atoms with Gasteiger partial charge in [-0.3, -0.25) is 4.79 Å². The molecular weight excluding hydrogens is 220 g/mol. The van der Waals surface area contributed by atoms with Gasteiger partial charge in [0.1, 0.15) is 6.07 Å². The molecule has 0 aliphatic rings. The molecule has 1 unspecified atom stereocenters. The third-order valence-electron chi connectivity index (χ3n) is 1.30. The van der Waals surface area contributed by atoms with Crippen molar-refractivity contribution in [3.8, 4) is 6.07 Å². The number of carbonyl (C=O) groups is 1. The van der Waals surface area contributed by atoms with Gasteiger partial charge < -0.3 is 0 Å². The number of nitriles is 1. The fraction of sp³-hybridized carbons (Fsp3) is 0.714. The highest BCUT2D eigenvalue weighted by molar-refractivity contribution is 6.51. The van der Waals surface area contributed by atoms with Crippen molar-refractivity contribution in [3.63, 3.8) is 0 Å². The average molecular weight is 229 g/mol. The van der Waals surface area contributed by atoms with Crippen LogP contribution in [0.1, 0.15) is 19.8 Å². The maximum absolute atomic E-state index is 10.9. The maximum Gasteiger partial charge on any atom is 0.205 e. The summed E-state index contributed by atoms with van der Waals surface area (Å²) in [5.74, 6) is -0.155. The maximum atomic E-state index is 10.9. The van der Waals surface area contributed by atoms with Gasteiger partial charge in [-0.15, -0.1) is 11.6 Å². The molecule has 0 aliphatic heterocycles. The Bertz CT molecular complexity index is 209. The van der Waals surface area contributed by atoms with Gasteiger partial charge in [0.25, 0.3) is 0 Å². The van der Waals surface area contributed by atoms with Gasteiger partial charge in [0.05, 0.1) is 5.38 Å². The molecule has 5 heteroatoms. The van der Waals surface area contributed by atoms with Crippen LogP contribution in [0.2, 0.25) is 0 Å². The molecule has 68 valence electrons. The van der Waals surface area contributed by atoms with Crippen molar-refractivity contribution >= 4 is 40.6 Å². The monoisotopic (exact) mass is 227 g/mol. The summed E-state index contributed by atoms with van der Waals surface area (Å²) in [6.45, 7) is 1.69. The Morgan fingerprint density at radius 3 is 2.50 bits per heavy atom. The highest BCUT2D eigenvalue weighted by Gasteiger charge is 2.29. The van der Waals surface area contributed by atoms with E-state index in [2.05, 4.69) is 0 Å². The molecule has 0 aliphatic carbocycles. The molecule has 0 amide bonds. The van der Waals surface area contributed by atoms with E-state index in [1.54, 1.807) is 13.0 Å². The van der Waals surface area contributed by atoms with Crippen molar-refractivity contribution in [1.29, 1.82) is 5.26 Å². The lowest BCUT2D eigenvalue weighted by molar-refractivity contribution is -0.118. The Balaban J connectivity index is 4.11. The van der Waals surface area contributed by atoms with Crippen molar-refractivity contribution in [1.82, 2.24) is 0 Å². The van der Waals surface area contributed by atoms with Crippen LogP contribution in [0.3, 0.4) is 0 Å². The van der Waals surface area contributed by atoms with E-state index in [9.17, 15) is 4.79 Å². The summed E-state index contributed by atoms with van der Waals surface area (Å²) in [5.41, 5.74) is 0. The molecule has 12 heavy (non-hydrogen) atoms. The Labute approximate surface area is 86.4 Å². The summed E-state index contributed by atoms with van der Waals surface area (Å²) >= 11 is 16.6. The largest absolute Gasteiger partial charge is 0.298 e. The van der Waals surface area contributed by atoms with E-state index in [1.165, 1.54) is 0 Å². The van der Waals surface area contributed by atoms with Crippen LogP contribution in [0, 0.1) is 11.3 Å². The first-order valence-electron chi connectivity index (χ1n) is 3.39. The normalized spacial score (nSPS) is 13.6. The summed E-state index contributed by atoms with van der Waals surface area (Å²) in [4.78, 5) is 10.9. The first-order valence-corrected chi connectivity index (χ1v) is 4.58. The summed E-state index contributed by atoms with van der Waals surface area (Å²) in [6.07, 6.45) is 0.282. The highest BCUT2D eigenvalue weighted by Crippen LogP contribution is 2.28. The topological polar surface area (TPSA) is 40.9 Å². The van der Waals surface area contributed by atoms with Gasteiger partial charge in [0, 0.05) is 12.8 Å². The molecule has 0 radical (unpaired) electrons. The minimum atomic E-state index is -1.56. The lowest BCUT2D eigenvalue weighted by Crippen LogP contribution is -2.22. The van der Waals surface area contributed by atoms with Crippen molar-refractivity contribution in [2.24, 2.45) is 0 Å². The number of nitrogens with zero attached hydrogens (tertiary/aromatic N) is 1. The summed E-state index contributed by atoms with van der Waals surface area (Å²) in [5, 5.41) is 7.64. The lowest BCUT2D eigenvalue weighted by Gasteiger charge is -2.13. The zero-order chi connectivity index (χ0) is 9.78. The minimum Gasteiger partial charge on any atom is -0.298 e. The van der Waals surface area contributed by atoms with Crippen LogP contribution in [0.4, 0.5) is 0 Å². The third kappa shape index (κ3) is 4.15. The number of carbonyl (C=O) groups excluding carboxylic acids is 1. The van der Waals surface area contributed by atoms with Gasteiger partial charge in [-0.2, -0.15) is 5.26 Å². The van der Waals surface area contributed by atoms with Crippen LogP contribution >= 0.6 is 34.8 Å². The Hall–Kier alpha value is 0.0300. The molecule has 1 atom stereocenters. The van der Waals surface area contributed by atoms with Gasteiger partial charge >= 0.3 is 0 Å². The number of hydrogen-bond acceptors (Lipinski definition) is 2. The molecule has 0 fully saturated rings. The second kappa shape index (κ2) is 4.91. The second-order valence-corrected chi connectivity index (χ2v) is 4.32. The van der Waals surface area contributed by atoms with Crippen LogP contribution in [-0.2, 0) is 4.79 Å². The number of alkyl halides is 3. The van der Waals surface area contributed by atoms with E-state index >= 15 is 0 Å². The Morgan fingerprint density at radius 2 is 2.17 bits per heavy atom. The smallest absolute Gasteiger partial charge is 0.205 e. The minimum absolute atomic E-state index is 0.0408. The predicted octanol–water partition coefficient (Wildman–Crippen LogP) is 2.66. The van der Waals surface area contributed by atoms with Crippen molar-refractivity contribution < 1.29 is 4.79 Å². The number of ketones is 1. The van der Waals surface area contributed by atoms with Gasteiger partial charge in [-0.05, 0) is 0 Å². The SMILES string of the molecule is CCC(=O)C(Cl)CC(Cl)(Cl)C#N. The average Bonchev–Trinajstić information content (AvgIpc) is 2.02. The zero-order valence-corrected chi connectivity index (χ0v) is 8.75. The van der Waals surface area contributed by atoms with E-state index in [0.29, 0.717) is 6.42 Å². The molecule has 2 nitrogen and oxygen atoms in total. The Kier molecular flexibility index (Phi) is 4.92. The van der Waals surface area contributed by atoms with Crippen molar-refractivity contribution in [2.75, 3.05) is 0 Å². The Morgan fingerprint density at radius 1 is 1.67 bits per heavy atom. The number of rotatable bonds is 4. The molecular formula is C7H8Cl3NO. The lowest BCUT2D eigenvalue weighted by atomic mass is 10.1. The summed E-state index contributed by atoms with van der Waals surface area (Å²) < 4.78 is -1.56. The van der Waals surface area contributed by atoms with Crippen LogP contribution in [0.5, 0.6) is 0 Å². The standard InChI is InChI=1S/C7H8Cl3NO/c1-2-6(12)5(8)3-7(9,10)4-11/h5H,2-3H2,1H3.